The number of fused-ring (bicyclic) bond motifs is 3. The van der Waals surface area contributed by atoms with Gasteiger partial charge in [-0.3, -0.25) is 9.69 Å². The monoisotopic (exact) mass is 433 g/mol. The van der Waals surface area contributed by atoms with E-state index < -0.39 is 30.5 Å². The lowest BCUT2D eigenvalue weighted by molar-refractivity contribution is -0.118. The van der Waals surface area contributed by atoms with Gasteiger partial charge in [0.2, 0.25) is 5.91 Å². The van der Waals surface area contributed by atoms with E-state index in [0.29, 0.717) is 36.0 Å². The summed E-state index contributed by atoms with van der Waals surface area (Å²) in [5, 5.41) is 2.99. The molecule has 1 aromatic heterocycles. The number of primary amides is 1. The Bertz CT molecular complexity index is 1070. The normalized spacial score (nSPS) is 20.8. The Hall–Kier alpha value is -3.59. The first-order valence-corrected chi connectivity index (χ1v) is 9.69. The molecular weight excluding hydrogens is 412 g/mol. The molecule has 0 aliphatic carbocycles. The quantitative estimate of drug-likeness (QED) is 0.691. The van der Waals surface area contributed by atoms with Gasteiger partial charge in [-0.1, -0.05) is 0 Å². The van der Waals surface area contributed by atoms with E-state index >= 15 is 0 Å². The molecule has 3 atom stereocenters. The van der Waals surface area contributed by atoms with Crippen molar-refractivity contribution in [2.75, 3.05) is 16.8 Å². The van der Waals surface area contributed by atoms with E-state index in [0.717, 1.165) is 4.90 Å². The maximum atomic E-state index is 13.7. The zero-order chi connectivity index (χ0) is 22.3. The number of rotatable bonds is 5. The van der Waals surface area contributed by atoms with Gasteiger partial charge in [0, 0.05) is 18.0 Å². The number of halogens is 2. The number of hydrogen-bond acceptors (Lipinski definition) is 7. The zero-order valence-electron chi connectivity index (χ0n) is 16.8. The van der Waals surface area contributed by atoms with Crippen LogP contribution < -0.4 is 20.7 Å². The Morgan fingerprint density at radius 3 is 2.87 bits per heavy atom. The molecule has 0 spiro atoms. The lowest BCUT2D eigenvalue weighted by Crippen LogP contribution is -2.40. The van der Waals surface area contributed by atoms with Gasteiger partial charge in [0.1, 0.15) is 36.4 Å². The standard InChI is InChI=1S/C20H21F2N5O4/c1-10(19(23)29)24-12-3-4-13-14(7-12)30-6-5-26-8-15(25-20(13)26)27-16(9-28)31-11(2)17(27)18(21)22/h3-4,7-8,10-11,17-18,24H,5-6H2,1-2H3,(H2,23,29)/t10?,11-,17+/m1/s1. The van der Waals surface area contributed by atoms with Crippen molar-refractivity contribution in [2.45, 2.75) is 45.0 Å². The van der Waals surface area contributed by atoms with Gasteiger partial charge in [0.05, 0.1) is 12.1 Å². The number of ether oxygens (including phenoxy) is 2. The van der Waals surface area contributed by atoms with Gasteiger partial charge in [-0.25, -0.2) is 18.6 Å². The summed E-state index contributed by atoms with van der Waals surface area (Å²) in [6, 6.07) is 3.29. The van der Waals surface area contributed by atoms with Gasteiger partial charge >= 0.3 is 0 Å². The minimum absolute atomic E-state index is 0.167. The second-order valence-electron chi connectivity index (χ2n) is 7.37. The first-order chi connectivity index (χ1) is 14.8. The second-order valence-corrected chi connectivity index (χ2v) is 7.37. The molecule has 1 amide bonds. The van der Waals surface area contributed by atoms with Crippen molar-refractivity contribution in [1.82, 2.24) is 9.55 Å². The van der Waals surface area contributed by atoms with E-state index in [2.05, 4.69) is 10.3 Å². The summed E-state index contributed by atoms with van der Waals surface area (Å²) in [6.07, 6.45) is -2.06. The summed E-state index contributed by atoms with van der Waals surface area (Å²) in [5.74, 6) is 1.96. The predicted octanol–water partition coefficient (Wildman–Crippen LogP) is 1.76. The molecule has 9 nitrogen and oxygen atoms in total. The largest absolute Gasteiger partial charge is 0.491 e. The zero-order valence-corrected chi connectivity index (χ0v) is 16.8. The average molecular weight is 433 g/mol. The number of anilines is 2. The molecule has 0 saturated carbocycles. The van der Waals surface area contributed by atoms with Gasteiger partial charge in [-0.15, -0.1) is 0 Å². The third kappa shape index (κ3) is 3.68. The summed E-state index contributed by atoms with van der Waals surface area (Å²) in [4.78, 5) is 28.2. The highest BCUT2D eigenvalue weighted by Gasteiger charge is 2.45. The minimum Gasteiger partial charge on any atom is -0.491 e. The van der Waals surface area contributed by atoms with E-state index in [4.69, 9.17) is 15.2 Å². The molecule has 2 aliphatic rings. The SMILES string of the molecule is CC(Nc1ccc2c(c1)OCCn1cc(N3C(=C=O)O[C@H](C)[C@H]3C(F)F)nc1-2)C(N)=O. The number of carbonyl (C=O) groups excluding carboxylic acids is 2. The molecule has 1 aromatic carbocycles. The Morgan fingerprint density at radius 1 is 1.42 bits per heavy atom. The Morgan fingerprint density at radius 2 is 2.19 bits per heavy atom. The maximum absolute atomic E-state index is 13.7. The fourth-order valence-electron chi connectivity index (χ4n) is 3.69. The predicted molar refractivity (Wildman–Crippen MR) is 107 cm³/mol. The van der Waals surface area contributed by atoms with Crippen LogP contribution in [0.25, 0.3) is 11.4 Å². The lowest BCUT2D eigenvalue weighted by Gasteiger charge is -2.21. The summed E-state index contributed by atoms with van der Waals surface area (Å²) in [6.45, 7) is 3.85. The van der Waals surface area contributed by atoms with Crippen LogP contribution in [0.15, 0.2) is 30.3 Å². The van der Waals surface area contributed by atoms with Crippen molar-refractivity contribution >= 4 is 23.4 Å². The van der Waals surface area contributed by atoms with Crippen molar-refractivity contribution in [3.8, 4) is 17.1 Å². The highest BCUT2D eigenvalue weighted by atomic mass is 19.3. The molecule has 164 valence electrons. The van der Waals surface area contributed by atoms with Crippen LogP contribution >= 0.6 is 0 Å². The molecule has 1 fully saturated rings. The van der Waals surface area contributed by atoms with Gasteiger partial charge in [0.25, 0.3) is 12.3 Å². The molecule has 2 aliphatic heterocycles. The van der Waals surface area contributed by atoms with Gasteiger partial charge < -0.3 is 25.1 Å². The molecule has 3 N–H and O–H groups in total. The first-order valence-electron chi connectivity index (χ1n) is 9.69. The topological polar surface area (TPSA) is 112 Å². The van der Waals surface area contributed by atoms with E-state index in [9.17, 15) is 18.4 Å². The fourth-order valence-corrected chi connectivity index (χ4v) is 3.69. The number of amides is 1. The van der Waals surface area contributed by atoms with Crippen molar-refractivity contribution in [1.29, 1.82) is 0 Å². The molecule has 0 radical (unpaired) electrons. The number of hydrogen-bond donors (Lipinski definition) is 2. The Balaban J connectivity index is 1.72. The third-order valence-corrected chi connectivity index (χ3v) is 5.27. The molecule has 31 heavy (non-hydrogen) atoms. The number of carbonyl (C=O) groups is 1. The summed E-state index contributed by atoms with van der Waals surface area (Å²) in [5.41, 5.74) is 6.57. The van der Waals surface area contributed by atoms with Crippen LogP contribution in [0.2, 0.25) is 0 Å². The number of nitrogens with two attached hydrogens (primary N) is 1. The maximum Gasteiger partial charge on any atom is 0.284 e. The smallest absolute Gasteiger partial charge is 0.284 e. The Labute approximate surface area is 176 Å². The molecule has 3 heterocycles. The number of aromatic nitrogens is 2. The van der Waals surface area contributed by atoms with Crippen LogP contribution in [0.1, 0.15) is 13.8 Å². The highest BCUT2D eigenvalue weighted by Crippen LogP contribution is 2.39. The fraction of sp³-hybridized carbons (Fsp3) is 0.400. The van der Waals surface area contributed by atoms with Crippen LogP contribution in [0, 0.1) is 0 Å². The molecular formula is C20H21F2N5O4. The van der Waals surface area contributed by atoms with Crippen molar-refractivity contribution in [3.63, 3.8) is 0 Å². The first kappa shape index (κ1) is 20.7. The summed E-state index contributed by atoms with van der Waals surface area (Å²) < 4.78 is 40.2. The van der Waals surface area contributed by atoms with Gasteiger partial charge in [-0.2, -0.15) is 0 Å². The van der Waals surface area contributed by atoms with Crippen LogP contribution in [0.5, 0.6) is 5.75 Å². The number of imidazole rings is 1. The molecule has 1 unspecified atom stereocenters. The number of nitrogens with one attached hydrogen (secondary N) is 1. The third-order valence-electron chi connectivity index (χ3n) is 5.27. The van der Waals surface area contributed by atoms with E-state index in [1.54, 1.807) is 41.8 Å². The molecule has 4 rings (SSSR count). The second kappa shape index (κ2) is 7.92. The molecule has 0 bridgehead atoms. The average Bonchev–Trinajstić information content (AvgIpc) is 3.24. The van der Waals surface area contributed by atoms with Crippen molar-refractivity contribution < 1.29 is 27.8 Å². The van der Waals surface area contributed by atoms with Crippen molar-refractivity contribution in [2.24, 2.45) is 5.73 Å². The van der Waals surface area contributed by atoms with E-state index in [1.165, 1.54) is 6.92 Å². The molecule has 11 heteroatoms. The minimum atomic E-state index is -2.75. The van der Waals surface area contributed by atoms with Gasteiger partial charge in [0.15, 0.2) is 11.8 Å². The Kier molecular flexibility index (Phi) is 5.28. The number of nitrogens with zero attached hydrogens (tertiary/aromatic N) is 3. The summed E-state index contributed by atoms with van der Waals surface area (Å²) >= 11 is 0. The van der Waals surface area contributed by atoms with Crippen LogP contribution in [-0.4, -0.2) is 52.6 Å². The highest BCUT2D eigenvalue weighted by molar-refractivity contribution is 5.83. The van der Waals surface area contributed by atoms with E-state index in [-0.39, 0.29) is 11.7 Å². The van der Waals surface area contributed by atoms with Crippen LogP contribution in [0.3, 0.4) is 0 Å². The van der Waals surface area contributed by atoms with Crippen LogP contribution in [-0.2, 0) is 20.9 Å². The number of benzene rings is 1. The number of alkyl halides is 2. The van der Waals surface area contributed by atoms with Crippen LogP contribution in [0.4, 0.5) is 20.3 Å². The molecule has 2 aromatic rings. The summed E-state index contributed by atoms with van der Waals surface area (Å²) in [7, 11) is 0. The molecule has 1 saturated heterocycles. The van der Waals surface area contributed by atoms with Crippen molar-refractivity contribution in [3.05, 3.63) is 30.3 Å². The van der Waals surface area contributed by atoms with Gasteiger partial charge in [-0.05, 0) is 26.0 Å². The lowest BCUT2D eigenvalue weighted by atomic mass is 10.1. The van der Waals surface area contributed by atoms with E-state index in [1.807, 2.05) is 0 Å².